The predicted octanol–water partition coefficient (Wildman–Crippen LogP) is 5.57. The number of carbonyl (C=O) groups excluding carboxylic acids is 2. The third-order valence-electron chi connectivity index (χ3n) is 6.30. The molecule has 0 saturated heterocycles. The summed E-state index contributed by atoms with van der Waals surface area (Å²) < 4.78 is 11.2. The van der Waals surface area contributed by atoms with Crippen molar-refractivity contribution in [3.8, 4) is 5.75 Å². The molecule has 0 aromatic heterocycles. The lowest BCUT2D eigenvalue weighted by atomic mass is 10.0. The summed E-state index contributed by atoms with van der Waals surface area (Å²) in [6, 6.07) is 22.3. The molecule has 5 rings (SSSR count). The molecule has 6 heteroatoms. The van der Waals surface area contributed by atoms with E-state index in [0.29, 0.717) is 16.8 Å². The van der Waals surface area contributed by atoms with Gasteiger partial charge in [-0.2, -0.15) is 0 Å². The molecular weight excluding hydrogens is 416 g/mol. The van der Waals surface area contributed by atoms with Gasteiger partial charge in [0.1, 0.15) is 11.9 Å². The number of esters is 1. The maximum absolute atomic E-state index is 13.7. The summed E-state index contributed by atoms with van der Waals surface area (Å²) in [5, 5.41) is 3.54. The maximum atomic E-state index is 13.7. The second-order valence-corrected chi connectivity index (χ2v) is 8.37. The number of rotatable bonds is 5. The number of carbonyl (C=O) groups is 2. The highest BCUT2D eigenvalue weighted by Crippen LogP contribution is 2.40. The van der Waals surface area contributed by atoms with Gasteiger partial charge in [-0.15, -0.1) is 0 Å². The molecule has 3 aromatic rings. The van der Waals surface area contributed by atoms with Crippen LogP contribution in [0, 0.1) is 0 Å². The lowest BCUT2D eigenvalue weighted by Gasteiger charge is -2.39. The number of anilines is 2. The lowest BCUT2D eigenvalue weighted by Crippen LogP contribution is -2.43. The summed E-state index contributed by atoms with van der Waals surface area (Å²) in [6.45, 7) is 0. The van der Waals surface area contributed by atoms with E-state index < -0.39 is 12.1 Å². The van der Waals surface area contributed by atoms with Crippen LogP contribution in [-0.4, -0.2) is 25.1 Å². The molecule has 1 amide bonds. The van der Waals surface area contributed by atoms with E-state index in [9.17, 15) is 9.59 Å². The van der Waals surface area contributed by atoms with Gasteiger partial charge >= 0.3 is 5.97 Å². The Labute approximate surface area is 193 Å². The predicted molar refractivity (Wildman–Crippen MR) is 127 cm³/mol. The Morgan fingerprint density at radius 2 is 1.64 bits per heavy atom. The molecule has 0 bridgehead atoms. The smallest absolute Gasteiger partial charge is 0.337 e. The third kappa shape index (κ3) is 4.04. The maximum Gasteiger partial charge on any atom is 0.337 e. The molecule has 6 nitrogen and oxygen atoms in total. The van der Waals surface area contributed by atoms with Crippen LogP contribution in [0.4, 0.5) is 11.4 Å². The summed E-state index contributed by atoms with van der Waals surface area (Å²) in [6.07, 6.45) is 4.19. The highest BCUT2D eigenvalue weighted by molar-refractivity contribution is 6.12. The van der Waals surface area contributed by atoms with Gasteiger partial charge in [0.15, 0.2) is 0 Å². The number of para-hydroxylation sites is 2. The molecule has 1 fully saturated rings. The Bertz CT molecular complexity index is 1170. The van der Waals surface area contributed by atoms with E-state index in [1.165, 1.54) is 20.0 Å². The van der Waals surface area contributed by atoms with E-state index >= 15 is 0 Å². The number of methoxy groups -OCH3 is 1. The molecular formula is C27H26N2O4. The van der Waals surface area contributed by atoms with Crippen LogP contribution in [0.15, 0.2) is 72.8 Å². The molecule has 0 unspecified atom stereocenters. The number of amides is 1. The topological polar surface area (TPSA) is 67.9 Å². The zero-order chi connectivity index (χ0) is 22.8. The number of fused-ring (bicyclic) bond motifs is 1. The van der Waals surface area contributed by atoms with Crippen LogP contribution in [0.1, 0.15) is 58.1 Å². The molecule has 3 aromatic carbocycles. The first-order valence-electron chi connectivity index (χ1n) is 11.3. The summed E-state index contributed by atoms with van der Waals surface area (Å²) >= 11 is 0. The first-order chi connectivity index (χ1) is 16.2. The zero-order valence-corrected chi connectivity index (χ0v) is 18.5. The fraction of sp³-hybridized carbons (Fsp3) is 0.259. The van der Waals surface area contributed by atoms with Crippen LogP contribution in [0.2, 0.25) is 0 Å². The van der Waals surface area contributed by atoms with Gasteiger partial charge < -0.3 is 14.8 Å². The van der Waals surface area contributed by atoms with Gasteiger partial charge in [-0.05, 0) is 68.1 Å². The van der Waals surface area contributed by atoms with Crippen molar-refractivity contribution in [2.45, 2.75) is 38.0 Å². The van der Waals surface area contributed by atoms with Gasteiger partial charge in [0, 0.05) is 16.9 Å². The van der Waals surface area contributed by atoms with Gasteiger partial charge in [-0.3, -0.25) is 9.69 Å². The number of ether oxygens (including phenoxy) is 2. The molecule has 1 saturated carbocycles. The Morgan fingerprint density at radius 3 is 2.39 bits per heavy atom. The number of hydrogen-bond donors (Lipinski definition) is 1. The van der Waals surface area contributed by atoms with Gasteiger partial charge in [-0.1, -0.05) is 30.3 Å². The van der Waals surface area contributed by atoms with Crippen LogP contribution < -0.4 is 15.0 Å². The molecule has 1 heterocycles. The van der Waals surface area contributed by atoms with Crippen molar-refractivity contribution in [2.24, 2.45) is 0 Å². The molecule has 0 spiro atoms. The molecule has 0 radical (unpaired) electrons. The minimum Gasteiger partial charge on any atom is -0.490 e. The highest BCUT2D eigenvalue weighted by Gasteiger charge is 2.36. The van der Waals surface area contributed by atoms with E-state index in [2.05, 4.69) is 5.32 Å². The van der Waals surface area contributed by atoms with Crippen LogP contribution in [0.25, 0.3) is 0 Å². The Morgan fingerprint density at radius 1 is 0.939 bits per heavy atom. The molecule has 1 aliphatic heterocycles. The van der Waals surface area contributed by atoms with Crippen LogP contribution >= 0.6 is 0 Å². The second kappa shape index (κ2) is 8.98. The first-order valence-corrected chi connectivity index (χ1v) is 11.3. The van der Waals surface area contributed by atoms with Crippen LogP contribution in [0.5, 0.6) is 5.75 Å². The van der Waals surface area contributed by atoms with E-state index in [1.807, 2.05) is 48.5 Å². The highest BCUT2D eigenvalue weighted by atomic mass is 16.5. The summed E-state index contributed by atoms with van der Waals surface area (Å²) in [5.74, 6) is 0.253. The summed E-state index contributed by atoms with van der Waals surface area (Å²) in [5.41, 5.74) is 3.38. The SMILES string of the molecule is COC(=O)c1ccc(N2C(=O)c3ccccc3N[C@@H]2c2ccccc2OC2CCCC2)cc1. The number of hydrogen-bond acceptors (Lipinski definition) is 5. The minimum atomic E-state index is -0.464. The fourth-order valence-corrected chi connectivity index (χ4v) is 4.61. The molecule has 33 heavy (non-hydrogen) atoms. The number of nitrogens with one attached hydrogen (secondary N) is 1. The second-order valence-electron chi connectivity index (χ2n) is 8.37. The van der Waals surface area contributed by atoms with Crippen molar-refractivity contribution >= 4 is 23.3 Å². The molecule has 1 aliphatic carbocycles. The van der Waals surface area contributed by atoms with Gasteiger partial charge in [0.05, 0.1) is 24.3 Å². The van der Waals surface area contributed by atoms with Gasteiger partial charge in [-0.25, -0.2) is 4.79 Å². The summed E-state index contributed by atoms with van der Waals surface area (Å²) in [4.78, 5) is 27.3. The van der Waals surface area contributed by atoms with Crippen molar-refractivity contribution in [3.05, 3.63) is 89.5 Å². The van der Waals surface area contributed by atoms with Crippen LogP contribution in [-0.2, 0) is 4.74 Å². The number of benzene rings is 3. The Hall–Kier alpha value is -3.80. The normalized spacial score (nSPS) is 17.9. The van der Waals surface area contributed by atoms with Crippen molar-refractivity contribution in [1.29, 1.82) is 0 Å². The molecule has 2 aliphatic rings. The third-order valence-corrected chi connectivity index (χ3v) is 6.30. The monoisotopic (exact) mass is 442 g/mol. The average molecular weight is 443 g/mol. The van der Waals surface area contributed by atoms with Crippen molar-refractivity contribution < 1.29 is 19.1 Å². The zero-order valence-electron chi connectivity index (χ0n) is 18.5. The Balaban J connectivity index is 1.57. The van der Waals surface area contributed by atoms with E-state index in [0.717, 1.165) is 29.8 Å². The quantitative estimate of drug-likeness (QED) is 0.524. The minimum absolute atomic E-state index is 0.115. The Kier molecular flexibility index (Phi) is 5.73. The lowest BCUT2D eigenvalue weighted by molar-refractivity contribution is 0.0600. The van der Waals surface area contributed by atoms with Crippen molar-refractivity contribution in [2.75, 3.05) is 17.3 Å². The number of nitrogens with zero attached hydrogens (tertiary/aromatic N) is 1. The van der Waals surface area contributed by atoms with Gasteiger partial charge in [0.25, 0.3) is 5.91 Å². The molecule has 168 valence electrons. The van der Waals surface area contributed by atoms with E-state index in [-0.39, 0.29) is 12.0 Å². The summed E-state index contributed by atoms with van der Waals surface area (Å²) in [7, 11) is 1.35. The van der Waals surface area contributed by atoms with E-state index in [1.54, 1.807) is 29.2 Å². The van der Waals surface area contributed by atoms with E-state index in [4.69, 9.17) is 9.47 Å². The standard InChI is InChI=1S/C27H26N2O4/c1-32-27(31)18-14-16-19(17-15-18)29-25(28-23-12-6-4-10-21(23)26(29)30)22-11-5-7-13-24(22)33-20-8-2-3-9-20/h4-7,10-17,20,25,28H,2-3,8-9H2,1H3/t25-/m0/s1. The fourth-order valence-electron chi connectivity index (χ4n) is 4.61. The van der Waals surface area contributed by atoms with Crippen LogP contribution in [0.3, 0.4) is 0 Å². The molecule has 1 N–H and O–H groups in total. The first kappa shape index (κ1) is 21.1. The van der Waals surface area contributed by atoms with Gasteiger partial charge in [0.2, 0.25) is 0 Å². The average Bonchev–Trinajstić information content (AvgIpc) is 3.37. The van der Waals surface area contributed by atoms with Crippen molar-refractivity contribution in [1.82, 2.24) is 0 Å². The van der Waals surface area contributed by atoms with Crippen molar-refractivity contribution in [3.63, 3.8) is 0 Å². The molecule has 1 atom stereocenters. The largest absolute Gasteiger partial charge is 0.490 e.